The Bertz CT molecular complexity index is 888. The third-order valence-electron chi connectivity index (χ3n) is 8.45. The van der Waals surface area contributed by atoms with Crippen LogP contribution in [0.3, 0.4) is 0 Å². The molecule has 0 aromatic carbocycles. The van der Waals surface area contributed by atoms with Crippen LogP contribution in [0.25, 0.3) is 0 Å². The second kappa shape index (κ2) is 6.97. The van der Waals surface area contributed by atoms with Crippen molar-refractivity contribution in [1.82, 2.24) is 5.32 Å². The molecular weight excluding hydrogens is 362 g/mol. The first-order chi connectivity index (χ1) is 13.7. The summed E-state index contributed by atoms with van der Waals surface area (Å²) in [6, 6.07) is 0. The number of fused-ring (bicyclic) bond motifs is 5. The highest BCUT2D eigenvalue weighted by molar-refractivity contribution is 6.01. The third kappa shape index (κ3) is 2.93. The number of nitrogens with one attached hydrogen (secondary N) is 1. The molecule has 0 bridgehead atoms. The molecule has 0 aromatic heterocycles. The molecule has 2 saturated carbocycles. The molecule has 0 unspecified atom stereocenters. The predicted octanol–water partition coefficient (Wildman–Crippen LogP) is 4.11. The van der Waals surface area contributed by atoms with Crippen molar-refractivity contribution in [2.45, 2.75) is 72.1 Å². The molecule has 29 heavy (non-hydrogen) atoms. The van der Waals surface area contributed by atoms with Crippen molar-refractivity contribution in [1.29, 1.82) is 0 Å². The molecule has 4 aliphatic carbocycles. The Kier molecular flexibility index (Phi) is 4.84. The van der Waals surface area contributed by atoms with Crippen LogP contribution >= 0.6 is 0 Å². The number of allylic oxidation sites excluding steroid dienone is 4. The van der Waals surface area contributed by atoms with Gasteiger partial charge in [0.1, 0.15) is 5.78 Å². The lowest BCUT2D eigenvalue weighted by Gasteiger charge is -2.57. The van der Waals surface area contributed by atoms with Gasteiger partial charge in [0.2, 0.25) is 5.91 Å². The second-order valence-corrected chi connectivity index (χ2v) is 9.89. The topological polar surface area (TPSA) is 63.2 Å². The van der Waals surface area contributed by atoms with Gasteiger partial charge < -0.3 is 5.32 Å². The molecule has 1 amide bonds. The molecule has 154 valence electrons. The van der Waals surface area contributed by atoms with Gasteiger partial charge in [-0.3, -0.25) is 14.4 Å². The van der Waals surface area contributed by atoms with Gasteiger partial charge in [-0.05, 0) is 60.8 Å². The molecule has 2 fully saturated rings. The van der Waals surface area contributed by atoms with Crippen LogP contribution in [0.1, 0.15) is 72.1 Å². The summed E-state index contributed by atoms with van der Waals surface area (Å²) >= 11 is 0. The molecule has 4 aliphatic rings. The number of hydrogen-bond acceptors (Lipinski definition) is 3. The summed E-state index contributed by atoms with van der Waals surface area (Å²) in [5.74, 6) is 4.08. The lowest BCUT2D eigenvalue weighted by molar-refractivity contribution is -0.131. The fourth-order valence-corrected chi connectivity index (χ4v) is 6.89. The van der Waals surface area contributed by atoms with Crippen LogP contribution in [0.4, 0.5) is 0 Å². The van der Waals surface area contributed by atoms with E-state index in [1.807, 2.05) is 0 Å². The number of Topliss-reactive ketones (excluding diaryl/α,β-unsaturated/α-hetero) is 2. The van der Waals surface area contributed by atoms with Gasteiger partial charge in [-0.15, -0.1) is 12.3 Å². The van der Waals surface area contributed by atoms with Crippen LogP contribution in [0, 0.1) is 40.9 Å². The Morgan fingerprint density at radius 1 is 1.17 bits per heavy atom. The van der Waals surface area contributed by atoms with Crippen molar-refractivity contribution in [2.75, 3.05) is 0 Å². The van der Waals surface area contributed by atoms with Crippen molar-refractivity contribution in [2.24, 2.45) is 28.6 Å². The van der Waals surface area contributed by atoms with Crippen molar-refractivity contribution in [3.63, 3.8) is 0 Å². The molecule has 0 spiro atoms. The molecule has 4 rings (SSSR count). The van der Waals surface area contributed by atoms with E-state index >= 15 is 0 Å². The van der Waals surface area contributed by atoms with E-state index in [9.17, 15) is 14.4 Å². The maximum atomic E-state index is 12.8. The highest BCUT2D eigenvalue weighted by Crippen LogP contribution is 2.65. The van der Waals surface area contributed by atoms with E-state index in [2.05, 4.69) is 31.2 Å². The van der Waals surface area contributed by atoms with E-state index in [1.165, 1.54) is 12.5 Å². The van der Waals surface area contributed by atoms with Gasteiger partial charge >= 0.3 is 0 Å². The van der Waals surface area contributed by atoms with Crippen molar-refractivity contribution >= 4 is 17.5 Å². The first kappa shape index (κ1) is 20.1. The maximum Gasteiger partial charge on any atom is 0.221 e. The van der Waals surface area contributed by atoms with E-state index in [4.69, 9.17) is 6.42 Å². The van der Waals surface area contributed by atoms with Gasteiger partial charge in [-0.25, -0.2) is 0 Å². The fraction of sp³-hybridized carbons (Fsp3) is 0.640. The predicted molar refractivity (Wildman–Crippen MR) is 111 cm³/mol. The quantitative estimate of drug-likeness (QED) is 0.734. The molecule has 0 radical (unpaired) electrons. The zero-order valence-electron chi connectivity index (χ0n) is 17.8. The lowest BCUT2D eigenvalue weighted by Crippen LogP contribution is -2.51. The number of ketones is 2. The zero-order chi connectivity index (χ0) is 21.0. The smallest absolute Gasteiger partial charge is 0.221 e. The van der Waals surface area contributed by atoms with Crippen molar-refractivity contribution in [3.8, 4) is 12.3 Å². The molecule has 0 heterocycles. The molecule has 0 aromatic rings. The number of amides is 1. The number of carbonyl (C=O) groups excluding carboxylic acids is 3. The summed E-state index contributed by atoms with van der Waals surface area (Å²) in [7, 11) is 0. The molecule has 0 aliphatic heterocycles. The Labute approximate surface area is 173 Å². The van der Waals surface area contributed by atoms with Gasteiger partial charge in [-0.2, -0.15) is 0 Å². The number of terminal acetylenes is 1. The molecule has 0 saturated heterocycles. The third-order valence-corrected chi connectivity index (χ3v) is 8.45. The highest BCUT2D eigenvalue weighted by atomic mass is 16.2. The monoisotopic (exact) mass is 393 g/mol. The average molecular weight is 394 g/mol. The van der Waals surface area contributed by atoms with Crippen LogP contribution < -0.4 is 5.32 Å². The van der Waals surface area contributed by atoms with E-state index in [0.717, 1.165) is 37.7 Å². The van der Waals surface area contributed by atoms with Crippen molar-refractivity contribution < 1.29 is 14.4 Å². The highest BCUT2D eigenvalue weighted by Gasteiger charge is 2.60. The van der Waals surface area contributed by atoms with Crippen LogP contribution in [-0.4, -0.2) is 17.5 Å². The van der Waals surface area contributed by atoms with Gasteiger partial charge in [-0.1, -0.05) is 25.5 Å². The Morgan fingerprint density at radius 2 is 1.90 bits per heavy atom. The number of rotatable bonds is 3. The summed E-state index contributed by atoms with van der Waals surface area (Å²) in [5.41, 5.74) is 2.38. The Balaban J connectivity index is 1.88. The minimum absolute atomic E-state index is 0.0235. The SMILES string of the molecule is C#CCCC1=CC2=C(NC(C)=O)C(=O)CC[C@]2(C)[C@H]2CC[C@]3(C)C(=O)CC[C@H]3[C@H]12. The minimum Gasteiger partial charge on any atom is -0.323 e. The van der Waals surface area contributed by atoms with Crippen LogP contribution in [0.15, 0.2) is 22.9 Å². The number of hydrogen-bond donors (Lipinski definition) is 1. The fourth-order valence-electron chi connectivity index (χ4n) is 6.89. The summed E-state index contributed by atoms with van der Waals surface area (Å²) in [4.78, 5) is 37.3. The minimum atomic E-state index is -0.223. The first-order valence-corrected chi connectivity index (χ1v) is 10.9. The summed E-state index contributed by atoms with van der Waals surface area (Å²) in [6.07, 6.45) is 14.0. The van der Waals surface area contributed by atoms with Crippen LogP contribution in [0.5, 0.6) is 0 Å². The average Bonchev–Trinajstić information content (AvgIpc) is 2.98. The Hall–Kier alpha value is -2.15. The standard InChI is InChI=1S/C25H31NO3/c1-5-6-7-16-14-19-23(26-15(2)27)20(28)11-13-24(19,3)18-10-12-25(4)17(22(16)18)8-9-21(25)29/h1,14,17-18,22H,6-13H2,2-4H3,(H,26,27)/t17-,18-,22-,24+,25-/m0/s1. The molecular formula is C25H31NO3. The summed E-state index contributed by atoms with van der Waals surface area (Å²) in [5, 5.41) is 2.84. The first-order valence-electron chi connectivity index (χ1n) is 10.9. The van der Waals surface area contributed by atoms with Gasteiger partial charge in [0.25, 0.3) is 0 Å². The van der Waals surface area contributed by atoms with Crippen LogP contribution in [-0.2, 0) is 14.4 Å². The summed E-state index contributed by atoms with van der Waals surface area (Å²) in [6.45, 7) is 5.89. The Morgan fingerprint density at radius 3 is 2.59 bits per heavy atom. The lowest BCUT2D eigenvalue weighted by atomic mass is 9.47. The van der Waals surface area contributed by atoms with E-state index in [-0.39, 0.29) is 22.5 Å². The largest absolute Gasteiger partial charge is 0.323 e. The van der Waals surface area contributed by atoms with E-state index in [0.29, 0.717) is 48.5 Å². The van der Waals surface area contributed by atoms with Gasteiger partial charge in [0, 0.05) is 31.6 Å². The van der Waals surface area contributed by atoms with E-state index in [1.54, 1.807) is 0 Å². The van der Waals surface area contributed by atoms with E-state index < -0.39 is 0 Å². The number of carbonyl (C=O) groups is 3. The van der Waals surface area contributed by atoms with Gasteiger partial charge in [0.15, 0.2) is 5.78 Å². The second-order valence-electron chi connectivity index (χ2n) is 9.89. The molecule has 4 heteroatoms. The molecule has 1 N–H and O–H groups in total. The van der Waals surface area contributed by atoms with Crippen LogP contribution in [0.2, 0.25) is 0 Å². The molecule has 4 nitrogen and oxygen atoms in total. The zero-order valence-corrected chi connectivity index (χ0v) is 17.8. The van der Waals surface area contributed by atoms with Gasteiger partial charge in [0.05, 0.1) is 5.70 Å². The summed E-state index contributed by atoms with van der Waals surface area (Å²) < 4.78 is 0. The molecule has 5 atom stereocenters. The normalized spacial score (nSPS) is 38.6. The maximum absolute atomic E-state index is 12.8. The van der Waals surface area contributed by atoms with Crippen molar-refractivity contribution in [3.05, 3.63) is 22.9 Å².